The zero-order valence-corrected chi connectivity index (χ0v) is 13.5. The summed E-state index contributed by atoms with van der Waals surface area (Å²) in [6.07, 6.45) is 4.68. The number of rotatable bonds is 3. The Morgan fingerprint density at radius 2 is 2.17 bits per heavy atom. The molecule has 2 aliphatic rings. The molecule has 4 rings (SSSR count). The third-order valence-corrected chi connectivity index (χ3v) is 4.86. The Balaban J connectivity index is 1.66. The van der Waals surface area contributed by atoms with Crippen molar-refractivity contribution in [2.45, 2.75) is 38.1 Å². The van der Waals surface area contributed by atoms with Gasteiger partial charge in [-0.05, 0) is 50.8 Å². The predicted molar refractivity (Wildman–Crippen MR) is 88.9 cm³/mol. The van der Waals surface area contributed by atoms with Crippen LogP contribution in [0.15, 0.2) is 24.3 Å². The maximum atomic E-state index is 14.2. The van der Waals surface area contributed by atoms with E-state index in [0.29, 0.717) is 11.4 Å². The van der Waals surface area contributed by atoms with Crippen LogP contribution in [-0.2, 0) is 12.8 Å². The van der Waals surface area contributed by atoms with Crippen molar-refractivity contribution in [2.75, 3.05) is 13.1 Å². The molecule has 2 aromatic rings. The lowest BCUT2D eigenvalue weighted by atomic mass is 10.1. The third kappa shape index (κ3) is 2.71. The van der Waals surface area contributed by atoms with Crippen molar-refractivity contribution in [1.29, 1.82) is 0 Å². The number of nitrogens with one attached hydrogen (secondary N) is 2. The van der Waals surface area contributed by atoms with Crippen LogP contribution in [-0.4, -0.2) is 34.8 Å². The topological polar surface area (TPSA) is 59.0 Å². The lowest BCUT2D eigenvalue weighted by molar-refractivity contribution is 0.0924. The number of benzene rings is 1. The highest BCUT2D eigenvalue weighted by Crippen LogP contribution is 2.28. The van der Waals surface area contributed by atoms with Gasteiger partial charge >= 0.3 is 0 Å². The molecule has 6 heteroatoms. The summed E-state index contributed by atoms with van der Waals surface area (Å²) in [5.41, 5.74) is 2.80. The predicted octanol–water partition coefficient (Wildman–Crippen LogP) is 1.98. The van der Waals surface area contributed by atoms with E-state index in [2.05, 4.69) is 15.7 Å². The second-order valence-corrected chi connectivity index (χ2v) is 6.51. The number of aromatic nitrogens is 2. The van der Waals surface area contributed by atoms with Crippen LogP contribution >= 0.6 is 0 Å². The maximum Gasteiger partial charge on any atom is 0.272 e. The monoisotopic (exact) mass is 328 g/mol. The quantitative estimate of drug-likeness (QED) is 0.906. The van der Waals surface area contributed by atoms with Crippen LogP contribution in [0.25, 0.3) is 5.69 Å². The van der Waals surface area contributed by atoms with E-state index in [1.165, 1.54) is 6.07 Å². The summed E-state index contributed by atoms with van der Waals surface area (Å²) in [6.45, 7) is 1.80. The highest BCUT2D eigenvalue weighted by atomic mass is 19.1. The van der Waals surface area contributed by atoms with Crippen molar-refractivity contribution in [3.8, 4) is 5.69 Å². The molecule has 126 valence electrons. The Labute approximate surface area is 140 Å². The number of carbonyl (C=O) groups is 1. The molecule has 1 aromatic heterocycles. The first-order chi connectivity index (χ1) is 11.7. The van der Waals surface area contributed by atoms with Crippen LogP contribution in [0, 0.1) is 5.82 Å². The van der Waals surface area contributed by atoms with Gasteiger partial charge in [-0.1, -0.05) is 12.1 Å². The van der Waals surface area contributed by atoms with Gasteiger partial charge in [0, 0.05) is 23.8 Å². The number of fused-ring (bicyclic) bond motifs is 1. The van der Waals surface area contributed by atoms with E-state index in [1.807, 2.05) is 0 Å². The lowest BCUT2D eigenvalue weighted by Gasteiger charge is -2.23. The van der Waals surface area contributed by atoms with E-state index in [9.17, 15) is 9.18 Å². The number of hydrogen-bond acceptors (Lipinski definition) is 3. The van der Waals surface area contributed by atoms with Crippen LogP contribution in [0.3, 0.4) is 0 Å². The average molecular weight is 328 g/mol. The number of para-hydroxylation sites is 1. The molecule has 0 spiro atoms. The van der Waals surface area contributed by atoms with Crippen molar-refractivity contribution in [3.05, 3.63) is 47.0 Å². The van der Waals surface area contributed by atoms with E-state index in [0.717, 1.165) is 56.5 Å². The third-order valence-electron chi connectivity index (χ3n) is 4.86. The molecule has 0 bridgehead atoms. The average Bonchev–Trinajstić information content (AvgIpc) is 3.19. The highest BCUT2D eigenvalue weighted by Gasteiger charge is 2.28. The number of nitrogens with zero attached hydrogens (tertiary/aromatic N) is 2. The molecule has 0 saturated carbocycles. The van der Waals surface area contributed by atoms with Crippen LogP contribution in [0.2, 0.25) is 0 Å². The zero-order valence-electron chi connectivity index (χ0n) is 13.5. The summed E-state index contributed by atoms with van der Waals surface area (Å²) in [7, 11) is 0. The SMILES string of the molecule is O=C(N[C@H]1CCCNC1)c1nn(-c2ccccc2F)c2c1CCC2. The molecule has 5 nitrogen and oxygen atoms in total. The Bertz CT molecular complexity index is 764. The largest absolute Gasteiger partial charge is 0.347 e. The maximum absolute atomic E-state index is 14.2. The van der Waals surface area contributed by atoms with Crippen molar-refractivity contribution >= 4 is 5.91 Å². The Morgan fingerprint density at radius 1 is 1.29 bits per heavy atom. The first-order valence-electron chi connectivity index (χ1n) is 8.61. The van der Waals surface area contributed by atoms with Gasteiger partial charge in [0.1, 0.15) is 11.5 Å². The van der Waals surface area contributed by atoms with E-state index < -0.39 is 0 Å². The molecular formula is C18H21FN4O. The standard InChI is InChI=1S/C18H21FN4O/c19-14-7-1-2-8-16(14)23-15-9-3-6-13(15)17(22-23)18(24)21-12-5-4-10-20-11-12/h1-2,7-8,12,20H,3-6,9-11H2,(H,21,24)/t12-/m0/s1. The molecule has 1 aliphatic heterocycles. The van der Waals surface area contributed by atoms with E-state index in [4.69, 9.17) is 0 Å². The van der Waals surface area contributed by atoms with Crippen molar-refractivity contribution in [3.63, 3.8) is 0 Å². The summed E-state index contributed by atoms with van der Waals surface area (Å²) >= 11 is 0. The van der Waals surface area contributed by atoms with Gasteiger partial charge < -0.3 is 10.6 Å². The summed E-state index contributed by atoms with van der Waals surface area (Å²) in [4.78, 5) is 12.7. The molecule has 1 fully saturated rings. The van der Waals surface area contributed by atoms with E-state index >= 15 is 0 Å². The van der Waals surface area contributed by atoms with Gasteiger partial charge in [0.15, 0.2) is 5.69 Å². The molecule has 1 saturated heterocycles. The van der Waals surface area contributed by atoms with E-state index in [1.54, 1.807) is 22.9 Å². The lowest BCUT2D eigenvalue weighted by Crippen LogP contribution is -2.45. The summed E-state index contributed by atoms with van der Waals surface area (Å²) in [6, 6.07) is 6.71. The fraction of sp³-hybridized carbons (Fsp3) is 0.444. The first kappa shape index (κ1) is 15.3. The highest BCUT2D eigenvalue weighted by molar-refractivity contribution is 5.94. The number of piperidine rings is 1. The zero-order chi connectivity index (χ0) is 16.5. The van der Waals surface area contributed by atoms with Crippen LogP contribution in [0.5, 0.6) is 0 Å². The van der Waals surface area contributed by atoms with Crippen molar-refractivity contribution < 1.29 is 9.18 Å². The smallest absolute Gasteiger partial charge is 0.272 e. The fourth-order valence-electron chi connectivity index (χ4n) is 3.67. The summed E-state index contributed by atoms with van der Waals surface area (Å²) in [5.74, 6) is -0.463. The molecule has 1 atom stereocenters. The van der Waals surface area contributed by atoms with Gasteiger partial charge in [-0.25, -0.2) is 9.07 Å². The Morgan fingerprint density at radius 3 is 2.96 bits per heavy atom. The molecule has 0 radical (unpaired) electrons. The molecule has 24 heavy (non-hydrogen) atoms. The molecule has 2 heterocycles. The number of hydrogen-bond donors (Lipinski definition) is 2. The second-order valence-electron chi connectivity index (χ2n) is 6.51. The molecule has 1 amide bonds. The Kier molecular flexibility index (Phi) is 4.06. The minimum atomic E-state index is -0.321. The molecule has 1 aliphatic carbocycles. The van der Waals surface area contributed by atoms with E-state index in [-0.39, 0.29) is 17.8 Å². The van der Waals surface area contributed by atoms with Crippen LogP contribution < -0.4 is 10.6 Å². The van der Waals surface area contributed by atoms with Gasteiger partial charge in [-0.15, -0.1) is 0 Å². The first-order valence-corrected chi connectivity index (χ1v) is 8.61. The minimum Gasteiger partial charge on any atom is -0.347 e. The van der Waals surface area contributed by atoms with Crippen molar-refractivity contribution in [1.82, 2.24) is 20.4 Å². The molecular weight excluding hydrogens is 307 g/mol. The Hall–Kier alpha value is -2.21. The minimum absolute atomic E-state index is 0.141. The van der Waals surface area contributed by atoms with Gasteiger partial charge in [0.2, 0.25) is 0 Å². The molecule has 1 aromatic carbocycles. The number of amides is 1. The number of halogens is 1. The normalized spacial score (nSPS) is 20.0. The van der Waals surface area contributed by atoms with Gasteiger partial charge in [0.25, 0.3) is 5.91 Å². The number of carbonyl (C=O) groups excluding carboxylic acids is 1. The summed E-state index contributed by atoms with van der Waals surface area (Å²) < 4.78 is 15.8. The summed E-state index contributed by atoms with van der Waals surface area (Å²) in [5, 5.41) is 10.8. The second kappa shape index (κ2) is 6.36. The molecule has 2 N–H and O–H groups in total. The van der Waals surface area contributed by atoms with Gasteiger partial charge in [-0.3, -0.25) is 4.79 Å². The van der Waals surface area contributed by atoms with Crippen LogP contribution in [0.1, 0.15) is 41.0 Å². The fourth-order valence-corrected chi connectivity index (χ4v) is 3.67. The molecule has 0 unspecified atom stereocenters. The van der Waals surface area contributed by atoms with Crippen LogP contribution in [0.4, 0.5) is 4.39 Å². The van der Waals surface area contributed by atoms with Crippen molar-refractivity contribution in [2.24, 2.45) is 0 Å². The van der Waals surface area contributed by atoms with Gasteiger partial charge in [-0.2, -0.15) is 5.10 Å². The van der Waals surface area contributed by atoms with Gasteiger partial charge in [0.05, 0.1) is 0 Å².